The number of nitrogens with zero attached hydrogens (tertiary/aromatic N) is 4. The number of carbonyl (C=O) groups excluding carboxylic acids is 3. The second-order valence-electron chi connectivity index (χ2n) is 14.6. The summed E-state index contributed by atoms with van der Waals surface area (Å²) in [5, 5.41) is 1.24. The lowest BCUT2D eigenvalue weighted by Gasteiger charge is -2.19. The SMILES string of the molecule is COc1cc(C(N)c2cnc(C(=O)C(C)C)nc2C(=O)C(C)C)c2cc(Cc3c(C(=O)N(C)C)n(S(=O)(=O)c4ccc(C)cc4)c4ccc(Cl)cc34)oc2c1OC. The number of methoxy groups -OCH3 is 2. The third-order valence-corrected chi connectivity index (χ3v) is 11.7. The van der Waals surface area contributed by atoms with Crippen molar-refractivity contribution in [2.24, 2.45) is 17.6 Å². The maximum Gasteiger partial charge on any atom is 0.271 e. The molecule has 0 aliphatic heterocycles. The van der Waals surface area contributed by atoms with Crippen molar-refractivity contribution in [3.8, 4) is 11.5 Å². The minimum atomic E-state index is -4.32. The minimum Gasteiger partial charge on any atom is -0.493 e. The molecule has 1 atom stereocenters. The fourth-order valence-electron chi connectivity index (χ4n) is 6.69. The molecular weight excluding hydrogens is 770 g/mol. The van der Waals surface area contributed by atoms with Crippen molar-refractivity contribution in [1.82, 2.24) is 18.8 Å². The molecule has 15 heteroatoms. The van der Waals surface area contributed by atoms with Crippen LogP contribution in [-0.2, 0) is 16.4 Å². The molecule has 298 valence electrons. The second kappa shape index (κ2) is 15.8. The van der Waals surface area contributed by atoms with Gasteiger partial charge in [-0.1, -0.05) is 57.0 Å². The molecule has 2 N–H and O–H groups in total. The summed E-state index contributed by atoms with van der Waals surface area (Å²) >= 11 is 6.52. The first-order valence-corrected chi connectivity index (χ1v) is 20.0. The van der Waals surface area contributed by atoms with E-state index in [0.717, 1.165) is 9.54 Å². The van der Waals surface area contributed by atoms with Gasteiger partial charge in [-0.15, -0.1) is 0 Å². The first-order valence-electron chi connectivity index (χ1n) is 18.2. The normalized spacial score (nSPS) is 12.4. The van der Waals surface area contributed by atoms with Crippen LogP contribution >= 0.6 is 11.6 Å². The zero-order valence-corrected chi connectivity index (χ0v) is 34.7. The van der Waals surface area contributed by atoms with Crippen molar-refractivity contribution in [1.29, 1.82) is 0 Å². The highest BCUT2D eigenvalue weighted by Crippen LogP contribution is 2.44. The van der Waals surface area contributed by atoms with Gasteiger partial charge < -0.3 is 24.5 Å². The highest BCUT2D eigenvalue weighted by molar-refractivity contribution is 7.90. The van der Waals surface area contributed by atoms with Crippen LogP contribution in [0.25, 0.3) is 21.9 Å². The highest BCUT2D eigenvalue weighted by Gasteiger charge is 2.33. The van der Waals surface area contributed by atoms with Gasteiger partial charge in [0.2, 0.25) is 11.5 Å². The number of amides is 1. The summed E-state index contributed by atoms with van der Waals surface area (Å²) in [6.45, 7) is 8.75. The van der Waals surface area contributed by atoms with Crippen molar-refractivity contribution in [3.05, 3.63) is 111 Å². The molecule has 0 radical (unpaired) electrons. The largest absolute Gasteiger partial charge is 0.493 e. The van der Waals surface area contributed by atoms with Crippen molar-refractivity contribution < 1.29 is 36.7 Å². The number of nitrogens with two attached hydrogens (primary N) is 1. The van der Waals surface area contributed by atoms with Gasteiger partial charge in [-0.25, -0.2) is 22.4 Å². The third-order valence-electron chi connectivity index (χ3n) is 9.73. The molecule has 0 fully saturated rings. The number of aromatic nitrogens is 3. The predicted octanol–water partition coefficient (Wildman–Crippen LogP) is 7.41. The van der Waals surface area contributed by atoms with E-state index < -0.39 is 33.8 Å². The Morgan fingerprint density at radius 1 is 0.912 bits per heavy atom. The number of fused-ring (bicyclic) bond motifs is 2. The Labute approximate surface area is 335 Å². The number of ketones is 2. The van der Waals surface area contributed by atoms with E-state index in [1.807, 2.05) is 6.92 Å². The van der Waals surface area contributed by atoms with Gasteiger partial charge in [0.15, 0.2) is 22.9 Å². The molecule has 0 saturated heterocycles. The molecule has 0 saturated carbocycles. The average Bonchev–Trinajstić information content (AvgIpc) is 3.74. The fraction of sp³-hybridized carbons (Fsp3) is 0.310. The van der Waals surface area contributed by atoms with E-state index in [1.165, 1.54) is 37.4 Å². The van der Waals surface area contributed by atoms with E-state index in [1.54, 1.807) is 84.3 Å². The van der Waals surface area contributed by atoms with E-state index in [9.17, 15) is 22.8 Å². The number of furan rings is 1. The van der Waals surface area contributed by atoms with E-state index >= 15 is 0 Å². The lowest BCUT2D eigenvalue weighted by Crippen LogP contribution is -2.28. The molecule has 6 rings (SSSR count). The van der Waals surface area contributed by atoms with Crippen LogP contribution in [0.5, 0.6) is 11.5 Å². The molecule has 1 unspecified atom stereocenters. The Morgan fingerprint density at radius 2 is 1.58 bits per heavy atom. The molecule has 3 heterocycles. The number of hydrogen-bond acceptors (Lipinski definition) is 11. The summed E-state index contributed by atoms with van der Waals surface area (Å²) < 4.78 is 47.9. The number of halogens is 1. The maximum atomic E-state index is 14.5. The Kier molecular flexibility index (Phi) is 11.4. The van der Waals surface area contributed by atoms with Crippen LogP contribution in [0.2, 0.25) is 5.02 Å². The number of carbonyl (C=O) groups is 3. The van der Waals surface area contributed by atoms with Gasteiger partial charge in [-0.2, -0.15) is 0 Å². The molecule has 0 bridgehead atoms. The predicted molar refractivity (Wildman–Crippen MR) is 217 cm³/mol. The van der Waals surface area contributed by atoms with E-state index in [0.29, 0.717) is 32.7 Å². The Bertz CT molecular complexity index is 2680. The lowest BCUT2D eigenvalue weighted by molar-refractivity contribution is 0.0819. The van der Waals surface area contributed by atoms with Crippen LogP contribution in [0.15, 0.2) is 70.1 Å². The summed E-state index contributed by atoms with van der Waals surface area (Å²) in [7, 11) is 1.67. The third kappa shape index (κ3) is 7.40. The highest BCUT2D eigenvalue weighted by atomic mass is 35.5. The van der Waals surface area contributed by atoms with Crippen molar-refractivity contribution in [2.45, 2.75) is 52.0 Å². The first-order chi connectivity index (χ1) is 26.9. The molecule has 1 amide bonds. The lowest BCUT2D eigenvalue weighted by atomic mass is 9.92. The van der Waals surface area contributed by atoms with E-state index in [4.69, 9.17) is 31.2 Å². The molecule has 0 aliphatic carbocycles. The van der Waals surface area contributed by atoms with Crippen LogP contribution in [0.3, 0.4) is 0 Å². The first kappa shape index (κ1) is 41.1. The van der Waals surface area contributed by atoms with Crippen LogP contribution < -0.4 is 15.2 Å². The van der Waals surface area contributed by atoms with Gasteiger partial charge in [-0.3, -0.25) is 14.4 Å². The standard InChI is InChI=1S/C42H44ClN5O8S/c1-21(2)37(49)35-31(20-45-41(46-35)38(50)22(3)4)34(44)28-19-33(54-8)40(55-9)39-30(28)18-25(56-39)17-29-27-16-24(43)12-15-32(27)48(36(29)42(51)47(6)7)57(52,53)26-13-10-23(5)11-14-26/h10-16,18-22,34H,17,44H2,1-9H3. The molecule has 3 aromatic carbocycles. The molecule has 3 aromatic heterocycles. The van der Waals surface area contributed by atoms with Gasteiger partial charge >= 0.3 is 0 Å². The maximum absolute atomic E-state index is 14.5. The zero-order chi connectivity index (χ0) is 41.7. The number of Topliss-reactive ketones (excluding diaryl/α,β-unsaturated/α-hetero) is 2. The number of benzene rings is 3. The zero-order valence-electron chi connectivity index (χ0n) is 33.1. The van der Waals surface area contributed by atoms with Crippen LogP contribution in [0.1, 0.15) is 93.3 Å². The summed E-state index contributed by atoms with van der Waals surface area (Å²) in [4.78, 5) is 50.7. The second-order valence-corrected chi connectivity index (χ2v) is 16.8. The van der Waals surface area contributed by atoms with Crippen molar-refractivity contribution >= 4 is 61.0 Å². The molecule has 13 nitrogen and oxygen atoms in total. The van der Waals surface area contributed by atoms with E-state index in [-0.39, 0.29) is 68.3 Å². The Hall–Kier alpha value is -5.57. The smallest absolute Gasteiger partial charge is 0.271 e. The fourth-order valence-corrected chi connectivity index (χ4v) is 8.40. The molecule has 0 aliphatic rings. The summed E-state index contributed by atoms with van der Waals surface area (Å²) in [6, 6.07) is 13.5. The Balaban J connectivity index is 1.60. The van der Waals surface area contributed by atoms with Gasteiger partial charge in [0.1, 0.15) is 17.1 Å². The Morgan fingerprint density at radius 3 is 2.18 bits per heavy atom. The number of ether oxygens (including phenoxy) is 2. The van der Waals surface area contributed by atoms with Gasteiger partial charge in [0, 0.05) is 59.9 Å². The molecule has 0 spiro atoms. The van der Waals surface area contributed by atoms with E-state index in [2.05, 4.69) is 9.97 Å². The van der Waals surface area contributed by atoms with Crippen molar-refractivity contribution in [3.63, 3.8) is 0 Å². The monoisotopic (exact) mass is 813 g/mol. The summed E-state index contributed by atoms with van der Waals surface area (Å²) in [5.74, 6) is -1.31. The van der Waals surface area contributed by atoms with Gasteiger partial charge in [0.25, 0.3) is 15.9 Å². The number of aryl methyl sites for hydroxylation is 1. The molecule has 6 aromatic rings. The van der Waals surface area contributed by atoms with Crippen molar-refractivity contribution in [2.75, 3.05) is 28.3 Å². The van der Waals surface area contributed by atoms with Crippen LogP contribution in [0.4, 0.5) is 0 Å². The summed E-state index contributed by atoms with van der Waals surface area (Å²) in [6.07, 6.45) is 1.34. The molecule has 57 heavy (non-hydrogen) atoms. The number of hydrogen-bond donors (Lipinski definition) is 1. The van der Waals surface area contributed by atoms with Gasteiger partial charge in [-0.05, 0) is 60.5 Å². The summed E-state index contributed by atoms with van der Waals surface area (Å²) in [5.41, 5.74) is 9.38. The van der Waals surface area contributed by atoms with Crippen LogP contribution in [-0.4, -0.2) is 73.0 Å². The minimum absolute atomic E-state index is 0.000550. The topological polar surface area (TPSA) is 177 Å². The molecular formula is C42H44ClN5O8S. The number of rotatable bonds is 13. The average molecular weight is 814 g/mol. The van der Waals surface area contributed by atoms with Crippen LogP contribution in [0, 0.1) is 18.8 Å². The van der Waals surface area contributed by atoms with Gasteiger partial charge in [0.05, 0.1) is 30.7 Å². The quantitative estimate of drug-likeness (QED) is 0.115.